The molecule has 132 valence electrons. The summed E-state index contributed by atoms with van der Waals surface area (Å²) in [7, 11) is 0. The molecular weight excluding hydrogens is 332 g/mol. The van der Waals surface area contributed by atoms with Gasteiger partial charge in [0.1, 0.15) is 0 Å². The van der Waals surface area contributed by atoms with Crippen molar-refractivity contribution in [1.29, 1.82) is 0 Å². The first-order valence-corrected chi connectivity index (χ1v) is 8.19. The van der Waals surface area contributed by atoms with E-state index in [1.54, 1.807) is 29.3 Å². The number of aromatic nitrogens is 8. The van der Waals surface area contributed by atoms with Crippen LogP contribution in [-0.4, -0.2) is 39.3 Å². The van der Waals surface area contributed by atoms with Gasteiger partial charge in [0.15, 0.2) is 17.0 Å². The van der Waals surface area contributed by atoms with Gasteiger partial charge in [-0.05, 0) is 18.1 Å². The van der Waals surface area contributed by atoms with E-state index in [4.69, 9.17) is 5.73 Å². The summed E-state index contributed by atoms with van der Waals surface area (Å²) in [5.74, 6) is 2.02. The Morgan fingerprint density at radius 1 is 1.04 bits per heavy atom. The number of anilines is 3. The maximum atomic E-state index is 6.14. The van der Waals surface area contributed by atoms with Gasteiger partial charge >= 0.3 is 0 Å². The Hall–Kier alpha value is -3.56. The van der Waals surface area contributed by atoms with E-state index in [0.29, 0.717) is 41.5 Å². The number of hydrogen-bond donors (Lipinski definition) is 2. The quantitative estimate of drug-likeness (QED) is 0.558. The minimum absolute atomic E-state index is 0.282. The summed E-state index contributed by atoms with van der Waals surface area (Å²) in [6, 6.07) is 3.57. The minimum Gasteiger partial charge on any atom is -0.382 e. The van der Waals surface area contributed by atoms with Crippen molar-refractivity contribution in [3.63, 3.8) is 0 Å². The maximum Gasteiger partial charge on any atom is 0.233 e. The van der Waals surface area contributed by atoms with E-state index < -0.39 is 0 Å². The first-order valence-electron chi connectivity index (χ1n) is 8.19. The number of nitrogens with two attached hydrogens (primary N) is 1. The van der Waals surface area contributed by atoms with Crippen molar-refractivity contribution in [1.82, 2.24) is 39.3 Å². The average Bonchev–Trinajstić information content (AvgIpc) is 3.24. The molecule has 0 aliphatic rings. The van der Waals surface area contributed by atoms with Gasteiger partial charge in [-0.1, -0.05) is 13.8 Å². The molecule has 0 radical (unpaired) electrons. The Morgan fingerprint density at radius 2 is 1.85 bits per heavy atom. The predicted octanol–water partition coefficient (Wildman–Crippen LogP) is 1.78. The fourth-order valence-corrected chi connectivity index (χ4v) is 2.63. The molecule has 4 heterocycles. The molecule has 0 aliphatic heterocycles. The largest absolute Gasteiger partial charge is 0.382 e. The minimum atomic E-state index is 0.282. The lowest BCUT2D eigenvalue weighted by atomic mass is 10.2. The lowest BCUT2D eigenvalue weighted by molar-refractivity contribution is 0.518. The van der Waals surface area contributed by atoms with E-state index in [1.165, 1.54) is 0 Å². The van der Waals surface area contributed by atoms with Crippen molar-refractivity contribution in [2.24, 2.45) is 5.92 Å². The third kappa shape index (κ3) is 2.92. The number of nitrogens with one attached hydrogen (secondary N) is 1. The molecule has 0 fully saturated rings. The SMILES string of the molecule is CC(C)Cn1c(-n2cccn2)nc2c(N)nc(Nc3ncccn3)nc21. The second-order valence-corrected chi connectivity index (χ2v) is 6.17. The van der Waals surface area contributed by atoms with Gasteiger partial charge in [0.2, 0.25) is 17.8 Å². The third-order valence-electron chi connectivity index (χ3n) is 3.65. The molecule has 0 aliphatic carbocycles. The Bertz CT molecular complexity index is 1020. The van der Waals surface area contributed by atoms with E-state index >= 15 is 0 Å². The van der Waals surface area contributed by atoms with Crippen LogP contribution in [0.15, 0.2) is 36.9 Å². The Kier molecular flexibility index (Phi) is 3.92. The first-order chi connectivity index (χ1) is 12.6. The number of nitrogens with zero attached hydrogens (tertiary/aromatic N) is 8. The Labute approximate surface area is 149 Å². The average molecular weight is 350 g/mol. The lowest BCUT2D eigenvalue weighted by Gasteiger charge is -2.11. The molecule has 0 bridgehead atoms. The van der Waals surface area contributed by atoms with Gasteiger partial charge in [0.05, 0.1) is 0 Å². The summed E-state index contributed by atoms with van der Waals surface area (Å²) >= 11 is 0. The van der Waals surface area contributed by atoms with E-state index in [9.17, 15) is 0 Å². The van der Waals surface area contributed by atoms with Crippen LogP contribution >= 0.6 is 0 Å². The molecule has 0 spiro atoms. The molecule has 4 aromatic heterocycles. The highest BCUT2D eigenvalue weighted by atomic mass is 15.4. The second kappa shape index (κ2) is 6.39. The van der Waals surface area contributed by atoms with Gasteiger partial charge in [-0.15, -0.1) is 0 Å². The van der Waals surface area contributed by atoms with E-state index in [2.05, 4.69) is 49.2 Å². The zero-order chi connectivity index (χ0) is 18.1. The summed E-state index contributed by atoms with van der Waals surface area (Å²) < 4.78 is 3.68. The molecule has 4 rings (SSSR count). The zero-order valence-corrected chi connectivity index (χ0v) is 14.4. The van der Waals surface area contributed by atoms with Crippen LogP contribution in [0.4, 0.5) is 17.7 Å². The van der Waals surface area contributed by atoms with Gasteiger partial charge in [0, 0.05) is 31.3 Å². The first kappa shape index (κ1) is 15.9. The van der Waals surface area contributed by atoms with Crippen LogP contribution in [0.2, 0.25) is 0 Å². The Morgan fingerprint density at radius 3 is 2.54 bits per heavy atom. The molecule has 4 aromatic rings. The molecular formula is C16H18N10. The number of hydrogen-bond acceptors (Lipinski definition) is 8. The van der Waals surface area contributed by atoms with Gasteiger partial charge < -0.3 is 5.73 Å². The van der Waals surface area contributed by atoms with Crippen LogP contribution in [0.1, 0.15) is 13.8 Å². The van der Waals surface area contributed by atoms with Crippen molar-refractivity contribution in [2.75, 3.05) is 11.1 Å². The molecule has 10 heteroatoms. The molecule has 0 aromatic carbocycles. The van der Waals surface area contributed by atoms with Crippen LogP contribution in [0.5, 0.6) is 0 Å². The van der Waals surface area contributed by atoms with Gasteiger partial charge in [0.25, 0.3) is 0 Å². The predicted molar refractivity (Wildman–Crippen MR) is 97.0 cm³/mol. The third-order valence-corrected chi connectivity index (χ3v) is 3.65. The van der Waals surface area contributed by atoms with Crippen LogP contribution < -0.4 is 11.1 Å². The molecule has 0 unspecified atom stereocenters. The molecule has 26 heavy (non-hydrogen) atoms. The summed E-state index contributed by atoms with van der Waals surface area (Å²) in [6.07, 6.45) is 6.80. The standard InChI is InChI=1S/C16H18N10/c1-10(2)9-25-13-11(21-16(25)26-8-4-7-20-26)12(17)22-15(23-13)24-14-18-5-3-6-19-14/h3-8,10H,9H2,1-2H3,(H3,17,18,19,22,23,24). The summed E-state index contributed by atoms with van der Waals surface area (Å²) in [5.41, 5.74) is 7.31. The molecule has 10 nitrogen and oxygen atoms in total. The second-order valence-electron chi connectivity index (χ2n) is 6.17. The maximum absolute atomic E-state index is 6.14. The molecule has 3 N–H and O–H groups in total. The zero-order valence-electron chi connectivity index (χ0n) is 14.4. The molecule has 0 saturated heterocycles. The van der Waals surface area contributed by atoms with Crippen LogP contribution in [0.25, 0.3) is 17.1 Å². The Balaban J connectivity index is 1.86. The highest BCUT2D eigenvalue weighted by Gasteiger charge is 2.19. The smallest absolute Gasteiger partial charge is 0.233 e. The van der Waals surface area contributed by atoms with Gasteiger partial charge in [-0.25, -0.2) is 19.6 Å². The van der Waals surface area contributed by atoms with E-state index in [-0.39, 0.29) is 5.82 Å². The van der Waals surface area contributed by atoms with Crippen molar-refractivity contribution in [3.05, 3.63) is 36.9 Å². The van der Waals surface area contributed by atoms with Crippen LogP contribution in [0.3, 0.4) is 0 Å². The topological polar surface area (TPSA) is 125 Å². The fraction of sp³-hybridized carbons (Fsp3) is 0.250. The number of rotatable bonds is 5. The molecule has 0 saturated carbocycles. The number of nitrogen functional groups attached to an aromatic ring is 1. The highest BCUT2D eigenvalue weighted by molar-refractivity contribution is 5.84. The van der Waals surface area contributed by atoms with Gasteiger partial charge in [-0.3, -0.25) is 9.88 Å². The lowest BCUT2D eigenvalue weighted by Crippen LogP contribution is -2.12. The van der Waals surface area contributed by atoms with Crippen molar-refractivity contribution >= 4 is 28.9 Å². The molecule has 0 amide bonds. The fourth-order valence-electron chi connectivity index (χ4n) is 2.63. The summed E-state index contributed by atoms with van der Waals surface area (Å²) in [4.78, 5) is 21.7. The number of fused-ring (bicyclic) bond motifs is 1. The van der Waals surface area contributed by atoms with Gasteiger partial charge in [-0.2, -0.15) is 15.1 Å². The number of imidazole rings is 1. The normalized spacial score (nSPS) is 11.3. The summed E-state index contributed by atoms with van der Waals surface area (Å²) in [6.45, 7) is 4.96. The van der Waals surface area contributed by atoms with E-state index in [1.807, 2.05) is 16.8 Å². The van der Waals surface area contributed by atoms with Crippen molar-refractivity contribution in [3.8, 4) is 5.95 Å². The van der Waals surface area contributed by atoms with Crippen molar-refractivity contribution in [2.45, 2.75) is 20.4 Å². The molecule has 0 atom stereocenters. The van der Waals surface area contributed by atoms with Crippen molar-refractivity contribution < 1.29 is 0 Å². The summed E-state index contributed by atoms with van der Waals surface area (Å²) in [5, 5.41) is 7.25. The van der Waals surface area contributed by atoms with Crippen LogP contribution in [0, 0.1) is 5.92 Å². The highest BCUT2D eigenvalue weighted by Crippen LogP contribution is 2.24. The van der Waals surface area contributed by atoms with Crippen LogP contribution in [-0.2, 0) is 6.54 Å². The van der Waals surface area contributed by atoms with E-state index in [0.717, 1.165) is 0 Å². The monoisotopic (exact) mass is 350 g/mol.